The van der Waals surface area contributed by atoms with Crippen LogP contribution in [0.25, 0.3) is 11.0 Å². The average molecular weight is 417 g/mol. The molecule has 4 heteroatoms. The summed E-state index contributed by atoms with van der Waals surface area (Å²) in [4.78, 5) is 0. The van der Waals surface area contributed by atoms with Gasteiger partial charge in [0.15, 0.2) is 0 Å². The molecule has 0 saturated carbocycles. The fraction of sp³-hybridized carbons (Fsp3) is 0.400. The molecule has 1 heterocycles. The van der Waals surface area contributed by atoms with E-state index >= 15 is 0 Å². The van der Waals surface area contributed by atoms with E-state index in [2.05, 4.69) is 31.2 Å². The number of H-pyrrole nitrogens is 1. The number of nitrogens with zero attached hydrogens (tertiary/aromatic N) is 2. The molecule has 0 spiro atoms. The van der Waals surface area contributed by atoms with Gasteiger partial charge in [-0.2, -0.15) is 0 Å². The summed E-state index contributed by atoms with van der Waals surface area (Å²) in [5, 5.41) is 10.2. The predicted molar refractivity (Wildman–Crippen MR) is 57.3 cm³/mol. The smallest absolute Gasteiger partial charge is 0.112 e. The van der Waals surface area contributed by atoms with Gasteiger partial charge in [-0.1, -0.05) is 17.3 Å². The number of hydrogen-bond donors (Lipinski definition) is 1. The van der Waals surface area contributed by atoms with Gasteiger partial charge in [-0.3, -0.25) is 5.10 Å². The second-order valence-electron chi connectivity index (χ2n) is 4.83. The van der Waals surface area contributed by atoms with E-state index in [0.717, 1.165) is 11.0 Å². The van der Waals surface area contributed by atoms with E-state index in [9.17, 15) is 0 Å². The SMILES string of the molecule is [CH3][U]([CH3])([CH3])[CH3].c1ccc2[nH]nnc2c1. The molecule has 3 nitrogen and oxygen atoms in total. The molecule has 0 radical (unpaired) electrons. The van der Waals surface area contributed by atoms with Crippen LogP contribution < -0.4 is 0 Å². The van der Waals surface area contributed by atoms with Gasteiger partial charge < -0.3 is 0 Å². The number of para-hydroxylation sites is 1. The van der Waals surface area contributed by atoms with Crippen LogP contribution in [0, 0.1) is 24.4 Å². The third-order valence-corrected chi connectivity index (χ3v) is 1.23. The molecule has 0 bridgehead atoms. The first-order valence-corrected chi connectivity index (χ1v) is 21.4. The van der Waals surface area contributed by atoms with Gasteiger partial charge in [-0.05, 0) is 12.1 Å². The van der Waals surface area contributed by atoms with E-state index in [-0.39, 0.29) is 0 Å². The van der Waals surface area contributed by atoms with Crippen LogP contribution in [0.1, 0.15) is 0 Å². The summed E-state index contributed by atoms with van der Waals surface area (Å²) in [6.45, 7) is 0. The Bertz CT molecular complexity index is 353. The molecule has 0 saturated heterocycles. The largest absolute Gasteiger partial charge is 0.258 e. The summed E-state index contributed by atoms with van der Waals surface area (Å²) in [6, 6.07) is 7.74. The van der Waals surface area contributed by atoms with Crippen molar-refractivity contribution in [1.82, 2.24) is 15.4 Å². The molecule has 0 aliphatic heterocycles. The van der Waals surface area contributed by atoms with Crippen LogP contribution in [0.3, 0.4) is 0 Å². The number of rotatable bonds is 0. The number of benzene rings is 1. The van der Waals surface area contributed by atoms with Crippen molar-refractivity contribution in [2.75, 3.05) is 0 Å². The van der Waals surface area contributed by atoms with Gasteiger partial charge in [0.2, 0.25) is 0 Å². The van der Waals surface area contributed by atoms with Gasteiger partial charge in [0.25, 0.3) is 0 Å². The maximum atomic E-state index is 3.81. The first-order chi connectivity index (χ1) is 6.47. The molecule has 2 aromatic rings. The van der Waals surface area contributed by atoms with E-state index in [1.54, 1.807) is 0 Å². The summed E-state index contributed by atoms with van der Waals surface area (Å²) in [6.07, 6.45) is 0. The van der Waals surface area contributed by atoms with Crippen molar-refractivity contribution in [3.63, 3.8) is 0 Å². The second-order valence-corrected chi connectivity index (χ2v) is 29.8. The zero-order chi connectivity index (χ0) is 10.6. The Hall–Kier alpha value is -0.328. The van der Waals surface area contributed by atoms with Crippen molar-refractivity contribution in [3.8, 4) is 0 Å². The Morgan fingerprint density at radius 3 is 2.21 bits per heavy atom. The number of fused-ring (bicyclic) bond motifs is 1. The van der Waals surface area contributed by atoms with Crippen LogP contribution in [-0.2, 0) is 0 Å². The Morgan fingerprint density at radius 1 is 1.07 bits per heavy atom. The van der Waals surface area contributed by atoms with E-state index in [1.165, 1.54) is 0 Å². The number of aromatic amines is 1. The van der Waals surface area contributed by atoms with Crippen LogP contribution in [-0.4, -0.2) is 15.4 Å². The standard InChI is InChI=1S/C6H5N3.4CH3.U/c1-2-4-6-5(3-1)7-9-8-6;;;;;/h1-4H,(H,7,8,9);4*1H3;. The zero-order valence-corrected chi connectivity index (χ0v) is 13.4. The molecule has 76 valence electrons. The van der Waals surface area contributed by atoms with Crippen molar-refractivity contribution in [3.05, 3.63) is 24.3 Å². The normalized spacial score (nSPS) is 10.9. The van der Waals surface area contributed by atoms with Gasteiger partial charge in [0.05, 0.1) is 5.52 Å². The molecule has 0 aliphatic rings. The Labute approximate surface area is 90.4 Å². The molecule has 0 amide bonds. The summed E-state index contributed by atoms with van der Waals surface area (Å²) >= 11 is -1.34. The molecule has 14 heavy (non-hydrogen) atoms. The third-order valence-electron chi connectivity index (χ3n) is 1.23. The maximum Gasteiger partial charge on any atom is 0.112 e. The quantitative estimate of drug-likeness (QED) is 0.715. The van der Waals surface area contributed by atoms with E-state index in [4.69, 9.17) is 0 Å². The molecule has 0 fully saturated rings. The average Bonchev–Trinajstić information content (AvgIpc) is 2.47. The summed E-state index contributed by atoms with van der Waals surface area (Å²) in [5.74, 6) is 0. The molecule has 1 aromatic heterocycles. The Kier molecular flexibility index (Phi) is 4.15. The predicted octanol–water partition coefficient (Wildman–Crippen LogP) is 3.29. The molecule has 1 aromatic carbocycles. The molecule has 0 atom stereocenters. The monoisotopic (exact) mass is 417 g/mol. The van der Waals surface area contributed by atoms with Crippen LogP contribution in [0.4, 0.5) is 0 Å². The van der Waals surface area contributed by atoms with Crippen molar-refractivity contribution >= 4 is 11.0 Å². The van der Waals surface area contributed by atoms with E-state index in [1.807, 2.05) is 24.3 Å². The summed E-state index contributed by atoms with van der Waals surface area (Å²) in [5.41, 5.74) is 1.90. The van der Waals surface area contributed by atoms with Gasteiger partial charge in [0.1, 0.15) is 5.52 Å². The van der Waals surface area contributed by atoms with Crippen LogP contribution in [0.5, 0.6) is 0 Å². The van der Waals surface area contributed by atoms with E-state index < -0.39 is 24.4 Å². The number of nitrogens with one attached hydrogen (secondary N) is 1. The molecule has 0 unspecified atom stereocenters. The number of hydrogen-bond acceptors (Lipinski definition) is 2. The summed E-state index contributed by atoms with van der Waals surface area (Å²) in [7, 11) is 0. The van der Waals surface area contributed by atoms with Gasteiger partial charge in [-0.15, -0.1) is 5.10 Å². The molecule has 0 aliphatic carbocycles. The minimum Gasteiger partial charge on any atom is -0.258 e. The molecule has 1 N–H and O–H groups in total. The fourth-order valence-corrected chi connectivity index (χ4v) is 0.788. The Balaban J connectivity index is 0.000000171. The maximum absolute atomic E-state index is 3.81. The van der Waals surface area contributed by atoms with Crippen LogP contribution in [0.2, 0.25) is 15.8 Å². The fourth-order valence-electron chi connectivity index (χ4n) is 0.788. The summed E-state index contributed by atoms with van der Waals surface area (Å²) < 4.78 is 9.67. The van der Waals surface area contributed by atoms with Crippen molar-refractivity contribution < 1.29 is 24.4 Å². The minimum absolute atomic E-state index is 0.914. The number of aromatic nitrogens is 3. The van der Waals surface area contributed by atoms with Crippen molar-refractivity contribution in [1.29, 1.82) is 0 Å². The van der Waals surface area contributed by atoms with Gasteiger partial charge in [0, 0.05) is 0 Å². The Morgan fingerprint density at radius 2 is 1.64 bits per heavy atom. The van der Waals surface area contributed by atoms with Crippen LogP contribution in [0.15, 0.2) is 24.3 Å². The van der Waals surface area contributed by atoms with Gasteiger partial charge >= 0.3 is 40.2 Å². The third kappa shape index (κ3) is 4.78. The van der Waals surface area contributed by atoms with Gasteiger partial charge in [-0.25, -0.2) is 0 Å². The first kappa shape index (κ1) is 11.7. The molecular formula is C10H17N3U. The topological polar surface area (TPSA) is 41.6 Å². The van der Waals surface area contributed by atoms with Crippen molar-refractivity contribution in [2.45, 2.75) is 15.8 Å². The minimum atomic E-state index is -1.34. The van der Waals surface area contributed by atoms with Crippen molar-refractivity contribution in [2.24, 2.45) is 0 Å². The van der Waals surface area contributed by atoms with Crippen LogP contribution >= 0.6 is 0 Å². The zero-order valence-electron chi connectivity index (χ0n) is 9.20. The van der Waals surface area contributed by atoms with E-state index in [0.29, 0.717) is 0 Å². The second kappa shape index (κ2) is 4.95. The molecular weight excluding hydrogens is 400 g/mol. The first-order valence-electron chi connectivity index (χ1n) is 4.72. The molecule has 2 rings (SSSR count).